The highest BCUT2D eigenvalue weighted by Crippen LogP contribution is 2.09. The molecule has 0 radical (unpaired) electrons. The van der Waals surface area contributed by atoms with Crippen molar-refractivity contribution in [1.82, 2.24) is 9.21 Å². The van der Waals surface area contributed by atoms with Gasteiger partial charge >= 0.3 is 0 Å². The van der Waals surface area contributed by atoms with E-state index >= 15 is 0 Å². The van der Waals surface area contributed by atoms with E-state index in [-0.39, 0.29) is 19.6 Å². The van der Waals surface area contributed by atoms with Crippen molar-refractivity contribution in [2.75, 3.05) is 44.1 Å². The van der Waals surface area contributed by atoms with Gasteiger partial charge in [0.25, 0.3) is 0 Å². The summed E-state index contributed by atoms with van der Waals surface area (Å²) in [4.78, 5) is 1.83. The Balaban J connectivity index is 2.63. The number of sulfonamides is 1. The standard InChI is InChI=1S/C8H15N3O4S2/c1-16(12,13)8-17(14,15)11-6-4-10(3-2-9)5-7-11/h3-8H2,1H3. The molecule has 17 heavy (non-hydrogen) atoms. The molecule has 0 unspecified atom stereocenters. The van der Waals surface area contributed by atoms with Gasteiger partial charge in [-0.3, -0.25) is 4.90 Å². The lowest BCUT2D eigenvalue weighted by molar-refractivity contribution is 0.207. The molecule has 1 aliphatic rings. The van der Waals surface area contributed by atoms with E-state index in [1.165, 1.54) is 4.31 Å². The molecule has 0 saturated carbocycles. The van der Waals surface area contributed by atoms with Gasteiger partial charge in [0.05, 0.1) is 12.6 Å². The van der Waals surface area contributed by atoms with Gasteiger partial charge in [-0.2, -0.15) is 9.57 Å². The molecular formula is C8H15N3O4S2. The van der Waals surface area contributed by atoms with Crippen LogP contribution in [0.4, 0.5) is 0 Å². The molecule has 7 nitrogen and oxygen atoms in total. The third kappa shape index (κ3) is 4.59. The average molecular weight is 281 g/mol. The van der Waals surface area contributed by atoms with E-state index in [1.807, 2.05) is 11.0 Å². The van der Waals surface area contributed by atoms with Gasteiger partial charge in [0.2, 0.25) is 10.0 Å². The van der Waals surface area contributed by atoms with Crippen molar-refractivity contribution in [2.45, 2.75) is 0 Å². The minimum atomic E-state index is -3.74. The SMILES string of the molecule is CS(=O)(=O)CS(=O)(=O)N1CCN(CC#N)CC1. The lowest BCUT2D eigenvalue weighted by Crippen LogP contribution is -2.49. The lowest BCUT2D eigenvalue weighted by atomic mass is 10.4. The normalized spacial score (nSPS) is 20.0. The molecule has 1 fully saturated rings. The molecule has 0 aromatic rings. The second kappa shape index (κ2) is 5.30. The summed E-state index contributed by atoms with van der Waals surface area (Å²) in [5.41, 5.74) is 0. The number of nitrogens with zero attached hydrogens (tertiary/aromatic N) is 3. The number of hydrogen-bond acceptors (Lipinski definition) is 6. The Bertz CT molecular complexity index is 497. The zero-order valence-corrected chi connectivity index (χ0v) is 11.2. The molecule has 98 valence electrons. The molecule has 0 aromatic carbocycles. The van der Waals surface area contributed by atoms with E-state index in [4.69, 9.17) is 5.26 Å². The number of rotatable bonds is 4. The van der Waals surface area contributed by atoms with Gasteiger partial charge in [-0.15, -0.1) is 0 Å². The van der Waals surface area contributed by atoms with Gasteiger partial charge in [0.15, 0.2) is 14.9 Å². The average Bonchev–Trinajstić information content (AvgIpc) is 2.15. The van der Waals surface area contributed by atoms with Crippen molar-refractivity contribution in [3.05, 3.63) is 0 Å². The summed E-state index contributed by atoms with van der Waals surface area (Å²) in [6, 6.07) is 1.99. The summed E-state index contributed by atoms with van der Waals surface area (Å²) in [5.74, 6) is 0. The molecule has 0 N–H and O–H groups in total. The minimum Gasteiger partial charge on any atom is -0.288 e. The van der Waals surface area contributed by atoms with Crippen LogP contribution in [-0.2, 0) is 19.9 Å². The van der Waals surface area contributed by atoms with E-state index in [9.17, 15) is 16.8 Å². The van der Waals surface area contributed by atoms with E-state index in [1.54, 1.807) is 0 Å². The molecular weight excluding hydrogens is 266 g/mol. The van der Waals surface area contributed by atoms with Crippen molar-refractivity contribution >= 4 is 19.9 Å². The first kappa shape index (κ1) is 14.4. The van der Waals surface area contributed by atoms with Gasteiger partial charge in [0, 0.05) is 32.4 Å². The number of piperazine rings is 1. The molecule has 1 aliphatic heterocycles. The summed E-state index contributed by atoms with van der Waals surface area (Å²) in [6.45, 7) is 1.64. The van der Waals surface area contributed by atoms with Gasteiger partial charge in [-0.25, -0.2) is 16.8 Å². The van der Waals surface area contributed by atoms with Gasteiger partial charge < -0.3 is 0 Å². The summed E-state index contributed by atoms with van der Waals surface area (Å²) in [7, 11) is -7.29. The Morgan fingerprint density at radius 3 is 2.06 bits per heavy atom. The summed E-state index contributed by atoms with van der Waals surface area (Å²) >= 11 is 0. The Kier molecular flexibility index (Phi) is 4.48. The number of hydrogen-bond donors (Lipinski definition) is 0. The van der Waals surface area contributed by atoms with Crippen LogP contribution in [0, 0.1) is 11.3 Å². The van der Waals surface area contributed by atoms with Crippen LogP contribution in [-0.4, -0.2) is 70.1 Å². The Morgan fingerprint density at radius 2 is 1.65 bits per heavy atom. The second-order valence-electron chi connectivity index (χ2n) is 3.99. The smallest absolute Gasteiger partial charge is 0.228 e. The van der Waals surface area contributed by atoms with Gasteiger partial charge in [0.1, 0.15) is 0 Å². The molecule has 1 saturated heterocycles. The fraction of sp³-hybridized carbons (Fsp3) is 0.875. The Morgan fingerprint density at radius 1 is 1.12 bits per heavy atom. The van der Waals surface area contributed by atoms with Gasteiger partial charge in [-0.1, -0.05) is 0 Å². The molecule has 0 aromatic heterocycles. The predicted molar refractivity (Wildman–Crippen MR) is 62.3 cm³/mol. The predicted octanol–water partition coefficient (Wildman–Crippen LogP) is -1.54. The largest absolute Gasteiger partial charge is 0.288 e. The lowest BCUT2D eigenvalue weighted by Gasteiger charge is -2.32. The molecule has 0 amide bonds. The first-order valence-corrected chi connectivity index (χ1v) is 8.66. The third-order valence-corrected chi connectivity index (χ3v) is 6.44. The van der Waals surface area contributed by atoms with E-state index in [2.05, 4.69) is 0 Å². The molecule has 9 heteroatoms. The van der Waals surface area contributed by atoms with Gasteiger partial charge in [-0.05, 0) is 0 Å². The summed E-state index contributed by atoms with van der Waals surface area (Å²) < 4.78 is 46.6. The van der Waals surface area contributed by atoms with Crippen molar-refractivity contribution in [3.8, 4) is 6.07 Å². The zero-order chi connectivity index (χ0) is 13.1. The minimum absolute atomic E-state index is 0.236. The maximum atomic E-state index is 11.7. The Hall–Kier alpha value is -0.690. The maximum Gasteiger partial charge on any atom is 0.228 e. The first-order valence-electron chi connectivity index (χ1n) is 4.99. The van der Waals surface area contributed by atoms with Crippen LogP contribution in [0.2, 0.25) is 0 Å². The highest BCUT2D eigenvalue weighted by molar-refractivity contribution is 8.06. The van der Waals surface area contributed by atoms with Crippen molar-refractivity contribution in [1.29, 1.82) is 5.26 Å². The van der Waals surface area contributed by atoms with Crippen LogP contribution in [0.1, 0.15) is 0 Å². The summed E-state index contributed by atoms with van der Waals surface area (Å²) in [5, 5.41) is 7.65. The van der Waals surface area contributed by atoms with E-state index in [0.717, 1.165) is 6.26 Å². The first-order chi connectivity index (χ1) is 7.74. The van der Waals surface area contributed by atoms with E-state index in [0.29, 0.717) is 13.1 Å². The number of nitriles is 1. The van der Waals surface area contributed by atoms with E-state index < -0.39 is 24.9 Å². The van der Waals surface area contributed by atoms with Crippen LogP contribution in [0.25, 0.3) is 0 Å². The summed E-state index contributed by atoms with van der Waals surface area (Å²) in [6.07, 6.45) is 0.899. The monoisotopic (exact) mass is 281 g/mol. The van der Waals surface area contributed by atoms with Crippen molar-refractivity contribution < 1.29 is 16.8 Å². The van der Waals surface area contributed by atoms with Crippen LogP contribution in [0.15, 0.2) is 0 Å². The van der Waals surface area contributed by atoms with Crippen molar-refractivity contribution in [2.24, 2.45) is 0 Å². The molecule has 0 aliphatic carbocycles. The topological polar surface area (TPSA) is 98.5 Å². The quantitative estimate of drug-likeness (QED) is 0.579. The molecule has 0 spiro atoms. The highest BCUT2D eigenvalue weighted by Gasteiger charge is 2.29. The maximum absolute atomic E-state index is 11.7. The molecule has 1 heterocycles. The highest BCUT2D eigenvalue weighted by atomic mass is 32.3. The molecule has 0 atom stereocenters. The van der Waals surface area contributed by atoms with Crippen LogP contribution >= 0.6 is 0 Å². The van der Waals surface area contributed by atoms with Crippen LogP contribution in [0.3, 0.4) is 0 Å². The zero-order valence-electron chi connectivity index (χ0n) is 9.53. The van der Waals surface area contributed by atoms with Crippen LogP contribution < -0.4 is 0 Å². The fourth-order valence-electron chi connectivity index (χ4n) is 1.61. The second-order valence-corrected chi connectivity index (χ2v) is 8.46. The molecule has 1 rings (SSSR count). The number of sulfone groups is 1. The molecule has 0 bridgehead atoms. The van der Waals surface area contributed by atoms with Crippen LogP contribution in [0.5, 0.6) is 0 Å². The van der Waals surface area contributed by atoms with Crippen molar-refractivity contribution in [3.63, 3.8) is 0 Å². The third-order valence-electron chi connectivity index (χ3n) is 2.38. The Labute approximate surface area is 102 Å². The fourth-order valence-corrected chi connectivity index (χ4v) is 5.09.